The molecule has 3 rings (SSSR count). The fraction of sp³-hybridized carbons (Fsp3) is 0.250. The summed E-state index contributed by atoms with van der Waals surface area (Å²) in [4.78, 5) is 26.3. The number of carbonyl (C=O) groups is 2. The molecular weight excluding hydrogens is 399 g/mol. The highest BCUT2D eigenvalue weighted by Crippen LogP contribution is 2.24. The monoisotopic (exact) mass is 418 g/mol. The van der Waals surface area contributed by atoms with Crippen molar-refractivity contribution < 1.29 is 9.59 Å². The Hall–Kier alpha value is -2.41. The molecule has 0 aliphatic carbocycles. The first-order valence-electron chi connectivity index (χ1n) is 8.79. The fourth-order valence-corrected chi connectivity index (χ4v) is 3.16. The molecule has 2 amide bonds. The van der Waals surface area contributed by atoms with E-state index in [1.807, 2.05) is 30.3 Å². The third kappa shape index (κ3) is 5.32. The quantitative estimate of drug-likeness (QED) is 0.780. The van der Waals surface area contributed by atoms with E-state index in [9.17, 15) is 9.59 Å². The zero-order valence-electron chi connectivity index (χ0n) is 15.4. The number of nitrogens with zero attached hydrogens (tertiary/aromatic N) is 3. The third-order valence-electron chi connectivity index (χ3n) is 4.22. The molecule has 0 unspecified atom stereocenters. The molecule has 0 spiro atoms. The molecule has 0 radical (unpaired) electrons. The van der Waals surface area contributed by atoms with Gasteiger partial charge in [-0.2, -0.15) is 5.10 Å². The lowest BCUT2D eigenvalue weighted by Crippen LogP contribution is -2.38. The van der Waals surface area contributed by atoms with E-state index in [0.717, 1.165) is 17.7 Å². The van der Waals surface area contributed by atoms with E-state index >= 15 is 0 Å². The number of carbonyl (C=O) groups excluding carboxylic acids is 2. The van der Waals surface area contributed by atoms with Crippen molar-refractivity contribution in [1.29, 1.82) is 0 Å². The summed E-state index contributed by atoms with van der Waals surface area (Å²) in [6.45, 7) is 0.710. The van der Waals surface area contributed by atoms with Gasteiger partial charge in [0.25, 0.3) is 5.91 Å². The molecule has 0 fully saturated rings. The van der Waals surface area contributed by atoms with E-state index in [4.69, 9.17) is 23.2 Å². The first-order chi connectivity index (χ1) is 13.4. The number of anilines is 1. The van der Waals surface area contributed by atoms with Gasteiger partial charge in [-0.15, -0.1) is 0 Å². The summed E-state index contributed by atoms with van der Waals surface area (Å²) >= 11 is 11.8. The largest absolute Gasteiger partial charge is 0.325 e. The Morgan fingerprint density at radius 3 is 2.57 bits per heavy atom. The minimum absolute atomic E-state index is 0.0646. The molecule has 0 saturated carbocycles. The van der Waals surface area contributed by atoms with Crippen molar-refractivity contribution in [3.8, 4) is 0 Å². The van der Waals surface area contributed by atoms with Crippen molar-refractivity contribution in [3.05, 3.63) is 64.1 Å². The van der Waals surface area contributed by atoms with Gasteiger partial charge in [0.15, 0.2) is 0 Å². The molecule has 0 aromatic heterocycles. The van der Waals surface area contributed by atoms with E-state index in [0.29, 0.717) is 22.3 Å². The highest BCUT2D eigenvalue weighted by molar-refractivity contribution is 6.42. The van der Waals surface area contributed by atoms with Crippen LogP contribution in [0.3, 0.4) is 0 Å². The van der Waals surface area contributed by atoms with E-state index in [1.165, 1.54) is 5.01 Å². The van der Waals surface area contributed by atoms with Gasteiger partial charge < -0.3 is 5.32 Å². The summed E-state index contributed by atoms with van der Waals surface area (Å²) in [6, 6.07) is 14.7. The van der Waals surface area contributed by atoms with Crippen molar-refractivity contribution in [2.75, 3.05) is 32.0 Å². The Labute approximate surface area is 173 Å². The van der Waals surface area contributed by atoms with E-state index in [2.05, 4.69) is 10.4 Å². The van der Waals surface area contributed by atoms with Crippen LogP contribution in [0.15, 0.2) is 53.6 Å². The number of hydrazone groups is 1. The third-order valence-corrected chi connectivity index (χ3v) is 4.96. The van der Waals surface area contributed by atoms with Crippen LogP contribution in [-0.2, 0) is 9.59 Å². The summed E-state index contributed by atoms with van der Waals surface area (Å²) in [7, 11) is 1.71. The lowest BCUT2D eigenvalue weighted by molar-refractivity contribution is -0.132. The van der Waals surface area contributed by atoms with Crippen molar-refractivity contribution in [1.82, 2.24) is 9.91 Å². The summed E-state index contributed by atoms with van der Waals surface area (Å²) in [5, 5.41) is 9.41. The van der Waals surface area contributed by atoms with Crippen LogP contribution < -0.4 is 5.32 Å². The van der Waals surface area contributed by atoms with Crippen molar-refractivity contribution in [2.24, 2.45) is 5.10 Å². The molecule has 0 saturated heterocycles. The smallest absolute Gasteiger partial charge is 0.256 e. The summed E-state index contributed by atoms with van der Waals surface area (Å²) in [5.74, 6) is -0.389. The van der Waals surface area contributed by atoms with Crippen LogP contribution in [0.1, 0.15) is 12.0 Å². The normalized spacial score (nSPS) is 13.6. The molecule has 146 valence electrons. The average Bonchev–Trinajstić information content (AvgIpc) is 3.15. The Balaban J connectivity index is 1.51. The number of nitrogens with one attached hydrogen (secondary N) is 1. The predicted molar refractivity (Wildman–Crippen MR) is 112 cm³/mol. The van der Waals surface area contributed by atoms with Gasteiger partial charge in [0.2, 0.25) is 5.91 Å². The molecule has 1 N–H and O–H groups in total. The zero-order valence-corrected chi connectivity index (χ0v) is 16.9. The van der Waals surface area contributed by atoms with Crippen molar-refractivity contribution >= 4 is 46.4 Å². The Morgan fingerprint density at radius 1 is 1.11 bits per heavy atom. The Kier molecular flexibility index (Phi) is 6.67. The minimum Gasteiger partial charge on any atom is -0.325 e. The molecule has 1 heterocycles. The second-order valence-electron chi connectivity index (χ2n) is 6.53. The number of hydrogen-bond acceptors (Lipinski definition) is 4. The molecule has 6 nitrogen and oxygen atoms in total. The van der Waals surface area contributed by atoms with Crippen LogP contribution in [-0.4, -0.2) is 54.1 Å². The molecule has 8 heteroatoms. The molecule has 1 aliphatic heterocycles. The minimum atomic E-state index is -0.247. The molecule has 2 aromatic carbocycles. The standard InChI is InChI=1S/C20H20Cl2N4O2/c1-25(12-19(27)23-15-7-8-16(21)17(22)11-15)13-20(28)26-10-9-18(24-26)14-5-3-2-4-6-14/h2-8,11H,9-10,12-13H2,1H3,(H,23,27). The van der Waals surface area contributed by atoms with Crippen LogP contribution >= 0.6 is 23.2 Å². The number of benzene rings is 2. The van der Waals surface area contributed by atoms with Gasteiger partial charge in [0.1, 0.15) is 0 Å². The van der Waals surface area contributed by atoms with Gasteiger partial charge >= 0.3 is 0 Å². The highest BCUT2D eigenvalue weighted by Gasteiger charge is 2.23. The lowest BCUT2D eigenvalue weighted by Gasteiger charge is -2.18. The molecular formula is C20H20Cl2N4O2. The highest BCUT2D eigenvalue weighted by atomic mass is 35.5. The fourth-order valence-electron chi connectivity index (χ4n) is 2.86. The molecule has 28 heavy (non-hydrogen) atoms. The molecule has 2 aromatic rings. The molecule has 0 bridgehead atoms. The summed E-state index contributed by atoms with van der Waals surface area (Å²) in [5.41, 5.74) is 2.47. The Morgan fingerprint density at radius 2 is 1.86 bits per heavy atom. The molecule has 0 atom stereocenters. The van der Waals surface area contributed by atoms with E-state index < -0.39 is 0 Å². The van der Waals surface area contributed by atoms with Gasteiger partial charge in [0, 0.05) is 12.1 Å². The Bertz CT molecular complexity index is 902. The average molecular weight is 419 g/mol. The summed E-state index contributed by atoms with van der Waals surface area (Å²) in [6.07, 6.45) is 0.720. The van der Waals surface area contributed by atoms with Crippen LogP contribution in [0, 0.1) is 0 Å². The summed E-state index contributed by atoms with van der Waals surface area (Å²) < 4.78 is 0. The van der Waals surface area contributed by atoms with Crippen molar-refractivity contribution in [3.63, 3.8) is 0 Å². The van der Waals surface area contributed by atoms with Crippen LogP contribution in [0.2, 0.25) is 10.0 Å². The van der Waals surface area contributed by atoms with Gasteiger partial charge in [-0.25, -0.2) is 5.01 Å². The van der Waals surface area contributed by atoms with Crippen LogP contribution in [0.25, 0.3) is 0 Å². The van der Waals surface area contributed by atoms with Crippen LogP contribution in [0.5, 0.6) is 0 Å². The SMILES string of the molecule is CN(CC(=O)Nc1ccc(Cl)c(Cl)c1)CC(=O)N1CCC(c2ccccc2)=N1. The van der Waals surface area contributed by atoms with E-state index in [-0.39, 0.29) is 24.9 Å². The maximum Gasteiger partial charge on any atom is 0.256 e. The van der Waals surface area contributed by atoms with Gasteiger partial charge in [-0.1, -0.05) is 53.5 Å². The van der Waals surface area contributed by atoms with Gasteiger partial charge in [-0.3, -0.25) is 14.5 Å². The number of hydrogen-bond donors (Lipinski definition) is 1. The van der Waals surface area contributed by atoms with Gasteiger partial charge in [-0.05, 0) is 30.8 Å². The maximum absolute atomic E-state index is 12.5. The van der Waals surface area contributed by atoms with Crippen molar-refractivity contribution in [2.45, 2.75) is 6.42 Å². The first-order valence-corrected chi connectivity index (χ1v) is 9.54. The predicted octanol–water partition coefficient (Wildman–Crippen LogP) is 3.50. The second kappa shape index (κ2) is 9.19. The zero-order chi connectivity index (χ0) is 20.1. The second-order valence-corrected chi connectivity index (χ2v) is 7.34. The van der Waals surface area contributed by atoms with E-state index in [1.54, 1.807) is 30.1 Å². The first kappa shape index (κ1) is 20.3. The number of amides is 2. The lowest BCUT2D eigenvalue weighted by atomic mass is 10.1. The number of halogens is 2. The molecule has 1 aliphatic rings. The number of rotatable bonds is 6. The number of likely N-dealkylation sites (N-methyl/N-ethyl adjacent to an activating group) is 1. The topological polar surface area (TPSA) is 65.0 Å². The maximum atomic E-state index is 12.5. The van der Waals surface area contributed by atoms with Crippen LogP contribution in [0.4, 0.5) is 5.69 Å². The van der Waals surface area contributed by atoms with Gasteiger partial charge in [0.05, 0.1) is 35.4 Å².